The van der Waals surface area contributed by atoms with Crippen LogP contribution in [0.3, 0.4) is 0 Å². The number of rotatable bonds is 6. The van der Waals surface area contributed by atoms with E-state index in [2.05, 4.69) is 56.4 Å². The number of fused-ring (bicyclic) bond motifs is 8. The van der Waals surface area contributed by atoms with Gasteiger partial charge in [-0.15, -0.1) is 22.1 Å². The number of hydrogen-bond acceptors (Lipinski definition) is 4. The third-order valence-electron chi connectivity index (χ3n) is 9.92. The van der Waals surface area contributed by atoms with E-state index >= 15 is 0 Å². The molecule has 0 amide bonds. The average molecular weight is 617 g/mol. The van der Waals surface area contributed by atoms with E-state index in [1.165, 1.54) is 12.7 Å². The minimum atomic E-state index is -1.11. The van der Waals surface area contributed by atoms with E-state index in [1.54, 1.807) is 6.92 Å². The molecule has 8 nitrogen and oxygen atoms in total. The molecule has 3 aliphatic rings. The summed E-state index contributed by atoms with van der Waals surface area (Å²) in [5.41, 5.74) is 13.1. The van der Waals surface area contributed by atoms with Crippen LogP contribution in [0.1, 0.15) is 121 Å². The summed E-state index contributed by atoms with van der Waals surface area (Å²) in [7, 11) is 1.34. The predicted octanol–water partition coefficient (Wildman–Crippen LogP) is 5.19. The molecular weight excluding hydrogens is 577 g/mol. The first-order valence-electron chi connectivity index (χ1n) is 15.4. The first-order valence-corrected chi connectivity index (χ1v) is 15.4. The third kappa shape index (κ3) is 5.18. The zero-order valence-electron chi connectivity index (χ0n) is 27.2. The van der Waals surface area contributed by atoms with Crippen molar-refractivity contribution in [1.29, 1.82) is 0 Å². The summed E-state index contributed by atoms with van der Waals surface area (Å²) < 4.78 is 5.23. The number of aliphatic hydroxyl groups is 1. The van der Waals surface area contributed by atoms with Gasteiger partial charge in [-0.1, -0.05) is 37.6 Å². The maximum absolute atomic E-state index is 13.3. The number of aliphatic hydroxyl groups excluding tert-OH is 1. The molecule has 4 unspecified atom stereocenters. The summed E-state index contributed by atoms with van der Waals surface area (Å²) in [6.07, 6.45) is 2.55. The molecule has 3 N–H and O–H groups in total. The van der Waals surface area contributed by atoms with E-state index < -0.39 is 18.0 Å². The molecule has 6 rings (SSSR count). The number of aromatic nitrogens is 4. The van der Waals surface area contributed by atoms with Crippen LogP contribution in [0.5, 0.6) is 0 Å². The van der Waals surface area contributed by atoms with Crippen LogP contribution in [0.2, 0.25) is 0 Å². The molecule has 0 spiro atoms. The number of nitrogens with zero attached hydrogens (tertiary/aromatic N) is 2. The fraction of sp³-hybridized carbons (Fsp3) is 0.389. The second-order valence-corrected chi connectivity index (χ2v) is 12.3. The molecular formula is C36H40MgN4O4+2. The van der Waals surface area contributed by atoms with Crippen molar-refractivity contribution < 1.29 is 29.4 Å². The van der Waals surface area contributed by atoms with Crippen LogP contribution in [0.25, 0.3) is 39.3 Å². The Kier molecular flexibility index (Phi) is 9.01. The molecule has 0 saturated carbocycles. The van der Waals surface area contributed by atoms with Crippen LogP contribution in [0, 0.1) is 13.8 Å². The van der Waals surface area contributed by atoms with E-state index in [1.807, 2.05) is 19.1 Å². The molecule has 5 heterocycles. The van der Waals surface area contributed by atoms with E-state index in [9.17, 15) is 14.7 Å². The van der Waals surface area contributed by atoms with Crippen LogP contribution in [0.15, 0.2) is 24.8 Å². The summed E-state index contributed by atoms with van der Waals surface area (Å²) in [5.74, 6) is -1.47. The molecule has 3 aromatic rings. The summed E-state index contributed by atoms with van der Waals surface area (Å²) in [6.45, 7) is 16.1. The van der Waals surface area contributed by atoms with Gasteiger partial charge in [-0.05, 0) is 69.9 Å². The van der Waals surface area contributed by atoms with Gasteiger partial charge in [0.25, 0.3) is 0 Å². The number of allylic oxidation sites excluding steroid dienone is 2. The minimum Gasteiger partial charge on any atom is -0.657 e. The maximum atomic E-state index is 13.3. The largest absolute Gasteiger partial charge is 2.00 e. The second-order valence-electron chi connectivity index (χ2n) is 12.3. The molecule has 0 saturated heterocycles. The predicted molar refractivity (Wildman–Crippen MR) is 175 cm³/mol. The fourth-order valence-electron chi connectivity index (χ4n) is 7.38. The number of methoxy groups -OCH3 is 1. The quantitative estimate of drug-likeness (QED) is 0.301. The van der Waals surface area contributed by atoms with Crippen molar-refractivity contribution in [1.82, 2.24) is 9.97 Å². The monoisotopic (exact) mass is 616 g/mol. The Hall–Kier alpha value is -3.53. The van der Waals surface area contributed by atoms with Crippen molar-refractivity contribution >= 4 is 74.1 Å². The topological polar surface area (TPSA) is 120 Å². The molecule has 45 heavy (non-hydrogen) atoms. The standard InChI is InChI=1S/C36H38N4O4.Mg/c1-9-21-17(4)24-13-26-19(6)23(12-11-16(3)41)33(39-26)31-32(36(43)44-8)35(42)30-20(7)27(40-34(30)31)15-29-22(10-2)18(5)25(38-29)14-28(21)37-24;/h9,13-15,19,23,32,35,42H,1,10-12H2,2-8H3;/q-2;+2/p+2. The number of carbonyl (C=O) groups excluding carboxylic acids is 2. The van der Waals surface area contributed by atoms with Gasteiger partial charge >= 0.3 is 29.0 Å². The Morgan fingerprint density at radius 3 is 2.36 bits per heavy atom. The number of aromatic amines is 2. The Labute approximate surface area is 279 Å². The van der Waals surface area contributed by atoms with Gasteiger partial charge in [-0.3, -0.25) is 4.79 Å². The molecule has 4 atom stereocenters. The molecule has 1 aliphatic carbocycles. The van der Waals surface area contributed by atoms with Gasteiger partial charge in [-0.2, -0.15) is 0 Å². The van der Waals surface area contributed by atoms with Crippen molar-refractivity contribution in [2.75, 3.05) is 7.11 Å². The van der Waals surface area contributed by atoms with Crippen molar-refractivity contribution in [3.63, 3.8) is 0 Å². The second kappa shape index (κ2) is 12.3. The van der Waals surface area contributed by atoms with E-state index in [4.69, 9.17) is 14.7 Å². The van der Waals surface area contributed by atoms with Gasteiger partial charge in [0.2, 0.25) is 11.4 Å². The number of aryl methyl sites for hydroxylation is 2. The average Bonchev–Trinajstić information content (AvgIpc) is 3.72. The number of esters is 1. The number of carbonyl (C=O) groups is 2. The first-order chi connectivity index (χ1) is 21.0. The molecule has 2 aliphatic heterocycles. The summed E-state index contributed by atoms with van der Waals surface area (Å²) >= 11 is 0. The normalized spacial score (nSPS) is 20.3. The zero-order valence-corrected chi connectivity index (χ0v) is 28.6. The maximum Gasteiger partial charge on any atom is 2.00 e. The van der Waals surface area contributed by atoms with Gasteiger partial charge < -0.3 is 24.6 Å². The minimum absolute atomic E-state index is 0. The number of hydrogen-bond donors (Lipinski definition) is 1. The van der Waals surface area contributed by atoms with Crippen LogP contribution in [-0.2, 0) is 14.3 Å². The molecule has 3 aromatic heterocycles. The van der Waals surface area contributed by atoms with Crippen molar-refractivity contribution in [2.45, 2.75) is 84.7 Å². The van der Waals surface area contributed by atoms with Gasteiger partial charge in [0.05, 0.1) is 25.0 Å². The number of Topliss-reactive ketones (excluding diaryl/α,β-unsaturated/α-hetero) is 1. The van der Waals surface area contributed by atoms with Crippen molar-refractivity contribution in [2.24, 2.45) is 0 Å². The Bertz CT molecular complexity index is 1950. The molecule has 9 heteroatoms. The smallest absolute Gasteiger partial charge is 0.657 e. The van der Waals surface area contributed by atoms with Gasteiger partial charge in [0.1, 0.15) is 11.7 Å². The summed E-state index contributed by atoms with van der Waals surface area (Å²) in [4.78, 5) is 42.9. The van der Waals surface area contributed by atoms with E-state index in [-0.39, 0.29) is 40.7 Å². The summed E-state index contributed by atoms with van der Waals surface area (Å²) in [6, 6.07) is 6.19. The van der Waals surface area contributed by atoms with Crippen LogP contribution >= 0.6 is 0 Å². The number of H-pyrrole nitrogens is 2. The van der Waals surface area contributed by atoms with Gasteiger partial charge in [0.15, 0.2) is 11.4 Å². The van der Waals surface area contributed by atoms with Gasteiger partial charge in [-0.25, -0.2) is 9.97 Å². The molecule has 0 radical (unpaired) electrons. The van der Waals surface area contributed by atoms with Crippen LogP contribution in [0.4, 0.5) is 0 Å². The van der Waals surface area contributed by atoms with Crippen LogP contribution in [-0.4, -0.2) is 47.0 Å². The van der Waals surface area contributed by atoms with Crippen molar-refractivity contribution in [3.05, 3.63) is 75.4 Å². The van der Waals surface area contributed by atoms with E-state index in [0.29, 0.717) is 29.5 Å². The molecule has 228 valence electrons. The number of ether oxygens (including phenoxy) is 1. The zero-order chi connectivity index (χ0) is 31.6. The number of ketones is 1. The Morgan fingerprint density at radius 1 is 1.02 bits per heavy atom. The molecule has 0 aromatic carbocycles. The summed E-state index contributed by atoms with van der Waals surface area (Å²) in [5, 5.41) is 11.7. The Morgan fingerprint density at radius 2 is 1.71 bits per heavy atom. The SMILES string of the molecule is C=Cc1c(C)c2cc3[nH+]c(c4c5[n-]c(cc6[nH+]c(cc1[n-]2)C(C)=C6CC)c(C)c5C(O)C4C(=O)OC)C(CCC(C)=O)C3C.[Mg+2]. The fourth-order valence-corrected chi connectivity index (χ4v) is 7.38. The molecule has 0 fully saturated rings. The first kappa shape index (κ1) is 32.8. The number of nitrogens with one attached hydrogen (secondary N) is 2. The van der Waals surface area contributed by atoms with Gasteiger partial charge in [0, 0.05) is 23.1 Å². The molecule has 8 bridgehead atoms. The Balaban J connectivity index is 0.00000400. The third-order valence-corrected chi connectivity index (χ3v) is 9.92. The van der Waals surface area contributed by atoms with E-state index in [0.717, 1.165) is 68.0 Å². The van der Waals surface area contributed by atoms with Crippen molar-refractivity contribution in [3.8, 4) is 0 Å². The van der Waals surface area contributed by atoms with Crippen LogP contribution < -0.4 is 19.9 Å².